The molecule has 0 unspecified atom stereocenters. The van der Waals surface area contributed by atoms with Crippen molar-refractivity contribution in [3.63, 3.8) is 0 Å². The molecule has 4 nitrogen and oxygen atoms in total. The van der Waals surface area contributed by atoms with Gasteiger partial charge in [-0.25, -0.2) is 15.0 Å². The summed E-state index contributed by atoms with van der Waals surface area (Å²) in [4.78, 5) is 12.2. The summed E-state index contributed by atoms with van der Waals surface area (Å²) in [6.45, 7) is 0.654. The van der Waals surface area contributed by atoms with Gasteiger partial charge in [0.15, 0.2) is 10.8 Å². The Morgan fingerprint density at radius 2 is 1.78 bits per heavy atom. The lowest BCUT2D eigenvalue weighted by Gasteiger charge is -2.05. The second-order valence-electron chi connectivity index (χ2n) is 3.84. The molecule has 0 spiro atoms. The molecule has 0 atom stereocenters. The van der Waals surface area contributed by atoms with E-state index < -0.39 is 0 Å². The molecule has 3 aromatic rings. The van der Waals surface area contributed by atoms with Gasteiger partial charge in [-0.2, -0.15) is 0 Å². The quantitative estimate of drug-likeness (QED) is 0.677. The number of hydrogen-bond donors (Lipinski definition) is 0. The first kappa shape index (κ1) is 11.4. The molecular weight excluding hydrogens is 271 g/mol. The largest absolute Gasteiger partial charge is 0.322 e. The van der Waals surface area contributed by atoms with E-state index in [0.717, 1.165) is 16.1 Å². The Labute approximate surface area is 113 Å². The van der Waals surface area contributed by atoms with Gasteiger partial charge in [0.2, 0.25) is 0 Å². The highest BCUT2D eigenvalue weighted by atomic mass is 35.5. The molecule has 6 heteroatoms. The van der Waals surface area contributed by atoms with Crippen LogP contribution in [0, 0.1) is 0 Å². The summed E-state index contributed by atoms with van der Waals surface area (Å²) >= 11 is 11.9. The molecule has 0 saturated heterocycles. The van der Waals surface area contributed by atoms with Crippen LogP contribution in [0.25, 0.3) is 11.2 Å². The van der Waals surface area contributed by atoms with Gasteiger partial charge < -0.3 is 4.57 Å². The minimum Gasteiger partial charge on any atom is -0.322 e. The third kappa shape index (κ3) is 2.05. The summed E-state index contributed by atoms with van der Waals surface area (Å²) in [5.41, 5.74) is 2.46. The molecule has 0 aliphatic heterocycles. The predicted octanol–water partition coefficient (Wildman–Crippen LogP) is 3.18. The van der Waals surface area contributed by atoms with E-state index in [4.69, 9.17) is 23.2 Å². The van der Waals surface area contributed by atoms with Crippen molar-refractivity contribution in [2.24, 2.45) is 0 Å². The Morgan fingerprint density at radius 1 is 1.00 bits per heavy atom. The lowest BCUT2D eigenvalue weighted by molar-refractivity contribution is 0.823. The van der Waals surface area contributed by atoms with Crippen LogP contribution < -0.4 is 0 Å². The van der Waals surface area contributed by atoms with Crippen LogP contribution in [-0.4, -0.2) is 19.5 Å². The highest BCUT2D eigenvalue weighted by molar-refractivity contribution is 6.33. The van der Waals surface area contributed by atoms with E-state index in [1.165, 1.54) is 6.33 Å². The van der Waals surface area contributed by atoms with Crippen LogP contribution in [0.15, 0.2) is 36.9 Å². The predicted molar refractivity (Wildman–Crippen MR) is 70.9 cm³/mol. The molecule has 0 aliphatic rings. The van der Waals surface area contributed by atoms with Crippen LogP contribution >= 0.6 is 23.2 Å². The molecule has 0 saturated carbocycles. The molecule has 3 rings (SSSR count). The van der Waals surface area contributed by atoms with Gasteiger partial charge in [0.1, 0.15) is 11.8 Å². The monoisotopic (exact) mass is 278 g/mol. The standard InChI is InChI=1S/C12H8Cl2N4/c13-9-3-1-8(2-4-9)5-18-7-17-12-10(18)11(14)15-6-16-12/h1-4,6-7H,5H2. The second-order valence-corrected chi connectivity index (χ2v) is 4.63. The summed E-state index contributed by atoms with van der Waals surface area (Å²) < 4.78 is 1.92. The van der Waals surface area contributed by atoms with Crippen LogP contribution in [-0.2, 0) is 6.54 Å². The van der Waals surface area contributed by atoms with Gasteiger partial charge in [0.05, 0.1) is 6.33 Å². The molecule has 0 N–H and O–H groups in total. The van der Waals surface area contributed by atoms with Crippen molar-refractivity contribution >= 4 is 34.4 Å². The van der Waals surface area contributed by atoms with Gasteiger partial charge in [-0.05, 0) is 17.7 Å². The highest BCUT2D eigenvalue weighted by Gasteiger charge is 2.08. The van der Waals surface area contributed by atoms with Gasteiger partial charge in [-0.3, -0.25) is 0 Å². The smallest absolute Gasteiger partial charge is 0.182 e. The SMILES string of the molecule is Clc1ccc(Cn2cnc3ncnc(Cl)c32)cc1. The molecule has 0 aliphatic carbocycles. The second kappa shape index (κ2) is 4.55. The fraction of sp³-hybridized carbons (Fsp3) is 0.0833. The van der Waals surface area contributed by atoms with E-state index in [2.05, 4.69) is 15.0 Å². The van der Waals surface area contributed by atoms with Crippen molar-refractivity contribution in [1.29, 1.82) is 0 Å². The van der Waals surface area contributed by atoms with E-state index in [9.17, 15) is 0 Å². The topological polar surface area (TPSA) is 43.6 Å². The molecule has 0 amide bonds. The third-order valence-corrected chi connectivity index (χ3v) is 3.16. The number of rotatable bonds is 2. The fourth-order valence-electron chi connectivity index (χ4n) is 1.78. The maximum absolute atomic E-state index is 6.06. The first-order valence-electron chi connectivity index (χ1n) is 5.30. The van der Waals surface area contributed by atoms with Crippen molar-refractivity contribution in [2.45, 2.75) is 6.54 Å². The number of nitrogens with zero attached hydrogens (tertiary/aromatic N) is 4. The zero-order valence-electron chi connectivity index (χ0n) is 9.22. The number of halogens is 2. The van der Waals surface area contributed by atoms with E-state index >= 15 is 0 Å². The molecule has 18 heavy (non-hydrogen) atoms. The van der Waals surface area contributed by atoms with Crippen LogP contribution in [0.4, 0.5) is 0 Å². The number of benzene rings is 1. The molecule has 0 fully saturated rings. The van der Waals surface area contributed by atoms with E-state index in [0.29, 0.717) is 17.3 Å². The minimum absolute atomic E-state index is 0.409. The van der Waals surface area contributed by atoms with Crippen LogP contribution in [0.3, 0.4) is 0 Å². The maximum Gasteiger partial charge on any atom is 0.182 e. The Morgan fingerprint density at radius 3 is 2.56 bits per heavy atom. The molecule has 2 aromatic heterocycles. The zero-order valence-corrected chi connectivity index (χ0v) is 10.7. The van der Waals surface area contributed by atoms with Crippen molar-refractivity contribution in [2.75, 3.05) is 0 Å². The summed E-state index contributed by atoms with van der Waals surface area (Å²) in [5, 5.41) is 1.13. The fourth-order valence-corrected chi connectivity index (χ4v) is 2.14. The van der Waals surface area contributed by atoms with E-state index in [1.807, 2.05) is 28.8 Å². The molecule has 1 aromatic carbocycles. The van der Waals surface area contributed by atoms with Crippen molar-refractivity contribution in [3.8, 4) is 0 Å². The van der Waals surface area contributed by atoms with Gasteiger partial charge in [-0.15, -0.1) is 0 Å². The van der Waals surface area contributed by atoms with Gasteiger partial charge in [0.25, 0.3) is 0 Å². The summed E-state index contributed by atoms with van der Waals surface area (Å²) in [6, 6.07) is 7.64. The third-order valence-electron chi connectivity index (χ3n) is 2.63. The average Bonchev–Trinajstić information content (AvgIpc) is 2.77. The lowest BCUT2D eigenvalue weighted by Crippen LogP contribution is -1.98. The van der Waals surface area contributed by atoms with Crippen LogP contribution in [0.1, 0.15) is 5.56 Å². The maximum atomic E-state index is 6.06. The summed E-state index contributed by atoms with van der Waals surface area (Å²) in [7, 11) is 0. The summed E-state index contributed by atoms with van der Waals surface area (Å²) in [6.07, 6.45) is 3.12. The van der Waals surface area contributed by atoms with Gasteiger partial charge in [-0.1, -0.05) is 35.3 Å². The molecule has 2 heterocycles. The number of hydrogen-bond acceptors (Lipinski definition) is 3. The van der Waals surface area contributed by atoms with E-state index in [-0.39, 0.29) is 0 Å². The minimum atomic E-state index is 0.409. The Kier molecular flexibility index (Phi) is 2.89. The van der Waals surface area contributed by atoms with Crippen LogP contribution in [0.5, 0.6) is 0 Å². The van der Waals surface area contributed by atoms with Gasteiger partial charge >= 0.3 is 0 Å². The van der Waals surface area contributed by atoms with Crippen molar-refractivity contribution in [1.82, 2.24) is 19.5 Å². The molecule has 0 bridgehead atoms. The van der Waals surface area contributed by atoms with Crippen molar-refractivity contribution < 1.29 is 0 Å². The first-order chi connectivity index (χ1) is 8.74. The Bertz CT molecular complexity index is 691. The van der Waals surface area contributed by atoms with E-state index in [1.54, 1.807) is 6.33 Å². The number of fused-ring (bicyclic) bond motifs is 1. The molecule has 0 radical (unpaired) electrons. The Hall–Kier alpha value is -1.65. The highest BCUT2D eigenvalue weighted by Crippen LogP contribution is 2.19. The zero-order chi connectivity index (χ0) is 12.5. The first-order valence-corrected chi connectivity index (χ1v) is 6.05. The number of imidazole rings is 1. The molecule has 90 valence electrons. The van der Waals surface area contributed by atoms with Crippen molar-refractivity contribution in [3.05, 3.63) is 52.7 Å². The molecular formula is C12H8Cl2N4. The number of aromatic nitrogens is 4. The lowest BCUT2D eigenvalue weighted by atomic mass is 10.2. The normalized spacial score (nSPS) is 11.0. The average molecular weight is 279 g/mol. The van der Waals surface area contributed by atoms with Gasteiger partial charge in [0, 0.05) is 11.6 Å². The summed E-state index contributed by atoms with van der Waals surface area (Å²) in [5.74, 6) is 0. The van der Waals surface area contributed by atoms with Crippen LogP contribution in [0.2, 0.25) is 10.2 Å². The Balaban J connectivity index is 2.02.